The highest BCUT2D eigenvalue weighted by atomic mass is 16.4. The van der Waals surface area contributed by atoms with Crippen LogP contribution in [0.25, 0.3) is 0 Å². The van der Waals surface area contributed by atoms with Gasteiger partial charge in [0.15, 0.2) is 5.78 Å². The summed E-state index contributed by atoms with van der Waals surface area (Å²) in [6, 6.07) is -0.701. The lowest BCUT2D eigenvalue weighted by atomic mass is 10.2. The van der Waals surface area contributed by atoms with Gasteiger partial charge in [-0.15, -0.1) is 6.58 Å². The Hall–Kier alpha value is -1.58. The molecular formula is C9H13NO3. The SMILES string of the molecule is C=CCN(C(=O)O)C(C)C(=O)C=C. The third kappa shape index (κ3) is 3.11. The van der Waals surface area contributed by atoms with Crippen molar-refractivity contribution in [2.75, 3.05) is 6.54 Å². The van der Waals surface area contributed by atoms with E-state index in [1.165, 1.54) is 13.0 Å². The van der Waals surface area contributed by atoms with E-state index in [9.17, 15) is 9.59 Å². The third-order valence-corrected chi connectivity index (χ3v) is 1.65. The minimum atomic E-state index is -1.14. The molecule has 1 unspecified atom stereocenters. The van der Waals surface area contributed by atoms with Crippen LogP contribution in [-0.2, 0) is 4.79 Å². The molecule has 0 saturated heterocycles. The Morgan fingerprint density at radius 1 is 1.54 bits per heavy atom. The molecule has 0 fully saturated rings. The highest BCUT2D eigenvalue weighted by Crippen LogP contribution is 2.01. The maximum Gasteiger partial charge on any atom is 0.408 e. The first-order valence-corrected chi connectivity index (χ1v) is 3.81. The van der Waals surface area contributed by atoms with Crippen LogP contribution in [0.4, 0.5) is 4.79 Å². The largest absolute Gasteiger partial charge is 0.465 e. The van der Waals surface area contributed by atoms with Crippen molar-refractivity contribution in [1.29, 1.82) is 0 Å². The van der Waals surface area contributed by atoms with E-state index in [2.05, 4.69) is 13.2 Å². The van der Waals surface area contributed by atoms with Gasteiger partial charge in [0.05, 0.1) is 6.04 Å². The van der Waals surface area contributed by atoms with Crippen molar-refractivity contribution in [2.45, 2.75) is 13.0 Å². The van der Waals surface area contributed by atoms with Gasteiger partial charge in [-0.3, -0.25) is 9.69 Å². The molecule has 72 valence electrons. The van der Waals surface area contributed by atoms with Crippen LogP contribution in [0.1, 0.15) is 6.92 Å². The quantitative estimate of drug-likeness (QED) is 0.516. The molecule has 0 aromatic rings. The van der Waals surface area contributed by atoms with Crippen LogP contribution >= 0.6 is 0 Å². The zero-order valence-electron chi connectivity index (χ0n) is 7.56. The molecule has 13 heavy (non-hydrogen) atoms. The molecule has 0 rings (SSSR count). The molecule has 1 N–H and O–H groups in total. The van der Waals surface area contributed by atoms with Crippen molar-refractivity contribution in [3.05, 3.63) is 25.3 Å². The fraction of sp³-hybridized carbons (Fsp3) is 0.333. The van der Waals surface area contributed by atoms with Gasteiger partial charge < -0.3 is 5.11 Å². The van der Waals surface area contributed by atoms with E-state index in [1.54, 1.807) is 0 Å². The van der Waals surface area contributed by atoms with Crippen LogP contribution < -0.4 is 0 Å². The van der Waals surface area contributed by atoms with Crippen molar-refractivity contribution in [2.24, 2.45) is 0 Å². The van der Waals surface area contributed by atoms with Crippen LogP contribution in [0.5, 0.6) is 0 Å². The van der Waals surface area contributed by atoms with Crippen LogP contribution in [0.2, 0.25) is 0 Å². The lowest BCUT2D eigenvalue weighted by Gasteiger charge is -2.22. The van der Waals surface area contributed by atoms with Crippen LogP contribution in [0, 0.1) is 0 Å². The number of carbonyl (C=O) groups is 2. The lowest BCUT2D eigenvalue weighted by molar-refractivity contribution is -0.118. The molecule has 4 heteroatoms. The summed E-state index contributed by atoms with van der Waals surface area (Å²) in [6.07, 6.45) is 1.41. The molecule has 0 bridgehead atoms. The van der Waals surface area contributed by atoms with Gasteiger partial charge in [-0.05, 0) is 13.0 Å². The summed E-state index contributed by atoms with van der Waals surface area (Å²) in [6.45, 7) is 8.35. The third-order valence-electron chi connectivity index (χ3n) is 1.65. The highest BCUT2D eigenvalue weighted by molar-refractivity contribution is 5.95. The second-order valence-corrected chi connectivity index (χ2v) is 2.51. The molecule has 0 aromatic heterocycles. The zero-order chi connectivity index (χ0) is 10.4. The van der Waals surface area contributed by atoms with E-state index in [4.69, 9.17) is 5.11 Å². The first-order chi connectivity index (χ1) is 6.04. The van der Waals surface area contributed by atoms with Gasteiger partial charge in [-0.2, -0.15) is 0 Å². The van der Waals surface area contributed by atoms with Gasteiger partial charge in [0.1, 0.15) is 0 Å². The molecule has 0 aromatic carbocycles. The van der Waals surface area contributed by atoms with E-state index in [-0.39, 0.29) is 12.3 Å². The summed E-state index contributed by atoms with van der Waals surface area (Å²) in [5, 5.41) is 8.71. The molecule has 0 saturated carbocycles. The maximum absolute atomic E-state index is 11.1. The second-order valence-electron chi connectivity index (χ2n) is 2.51. The van der Waals surface area contributed by atoms with Crippen molar-refractivity contribution in [3.63, 3.8) is 0 Å². The number of carbonyl (C=O) groups excluding carboxylic acids is 1. The standard InChI is InChI=1S/C9H13NO3/c1-4-6-10(9(12)13)7(3)8(11)5-2/h4-5,7H,1-2,6H2,3H3,(H,12,13). The fourth-order valence-electron chi connectivity index (χ4n) is 0.865. The summed E-state index contributed by atoms with van der Waals surface area (Å²) in [5.41, 5.74) is 0. The highest BCUT2D eigenvalue weighted by Gasteiger charge is 2.21. The summed E-state index contributed by atoms with van der Waals surface area (Å²) < 4.78 is 0. The maximum atomic E-state index is 11.1. The zero-order valence-corrected chi connectivity index (χ0v) is 7.56. The van der Waals surface area contributed by atoms with E-state index in [0.29, 0.717) is 0 Å². The summed E-state index contributed by atoms with van der Waals surface area (Å²) in [4.78, 5) is 22.7. The molecular weight excluding hydrogens is 170 g/mol. The van der Waals surface area contributed by atoms with Gasteiger partial charge in [0, 0.05) is 6.54 Å². The van der Waals surface area contributed by atoms with E-state index in [0.717, 1.165) is 11.0 Å². The molecule has 0 aliphatic heterocycles. The number of hydrogen-bond acceptors (Lipinski definition) is 2. The molecule has 0 radical (unpaired) electrons. The van der Waals surface area contributed by atoms with Gasteiger partial charge in [0.25, 0.3) is 0 Å². The first-order valence-electron chi connectivity index (χ1n) is 3.81. The van der Waals surface area contributed by atoms with Crippen LogP contribution in [-0.4, -0.2) is 34.5 Å². The molecule has 0 heterocycles. The lowest BCUT2D eigenvalue weighted by Crippen LogP contribution is -2.41. The smallest absolute Gasteiger partial charge is 0.408 e. The van der Waals surface area contributed by atoms with Crippen LogP contribution in [0.15, 0.2) is 25.3 Å². The van der Waals surface area contributed by atoms with Crippen molar-refractivity contribution in [3.8, 4) is 0 Å². The molecule has 0 aliphatic rings. The summed E-state index contributed by atoms with van der Waals surface area (Å²) in [5.74, 6) is -0.316. The molecule has 1 atom stereocenters. The Morgan fingerprint density at radius 2 is 2.08 bits per heavy atom. The fourth-order valence-corrected chi connectivity index (χ4v) is 0.865. The minimum absolute atomic E-state index is 0.135. The van der Waals surface area contributed by atoms with Crippen LogP contribution in [0.3, 0.4) is 0 Å². The van der Waals surface area contributed by atoms with E-state index < -0.39 is 12.1 Å². The van der Waals surface area contributed by atoms with Crippen molar-refractivity contribution < 1.29 is 14.7 Å². The molecule has 0 spiro atoms. The minimum Gasteiger partial charge on any atom is -0.465 e. The number of nitrogens with zero attached hydrogens (tertiary/aromatic N) is 1. The Morgan fingerprint density at radius 3 is 2.38 bits per heavy atom. The topological polar surface area (TPSA) is 57.6 Å². The Balaban J connectivity index is 4.53. The number of carboxylic acid groups (broad SMARTS) is 1. The molecule has 4 nitrogen and oxygen atoms in total. The first kappa shape index (κ1) is 11.4. The number of amides is 1. The second kappa shape index (κ2) is 5.13. The molecule has 1 amide bonds. The number of hydrogen-bond donors (Lipinski definition) is 1. The monoisotopic (exact) mass is 183 g/mol. The predicted octanol–water partition coefficient (Wildman–Crippen LogP) is 1.30. The Bertz CT molecular complexity index is 235. The molecule has 0 aliphatic carbocycles. The number of rotatable bonds is 5. The number of ketones is 1. The van der Waals surface area contributed by atoms with E-state index in [1.807, 2.05) is 0 Å². The average Bonchev–Trinajstić information content (AvgIpc) is 2.11. The van der Waals surface area contributed by atoms with Gasteiger partial charge >= 0.3 is 6.09 Å². The summed E-state index contributed by atoms with van der Waals surface area (Å²) in [7, 11) is 0. The predicted molar refractivity (Wildman–Crippen MR) is 49.6 cm³/mol. The Labute approximate surface area is 77.2 Å². The van der Waals surface area contributed by atoms with Crippen molar-refractivity contribution >= 4 is 11.9 Å². The average molecular weight is 183 g/mol. The van der Waals surface area contributed by atoms with E-state index >= 15 is 0 Å². The summed E-state index contributed by atoms with van der Waals surface area (Å²) >= 11 is 0. The Kier molecular flexibility index (Phi) is 4.51. The van der Waals surface area contributed by atoms with Crippen molar-refractivity contribution in [1.82, 2.24) is 4.90 Å². The van der Waals surface area contributed by atoms with Gasteiger partial charge in [-0.25, -0.2) is 4.79 Å². The van der Waals surface area contributed by atoms with Gasteiger partial charge in [-0.1, -0.05) is 12.7 Å². The normalized spacial score (nSPS) is 11.5. The van der Waals surface area contributed by atoms with Gasteiger partial charge in [0.2, 0.25) is 0 Å².